The number of rotatable bonds is 2. The van der Waals surface area contributed by atoms with E-state index in [4.69, 9.17) is 10.5 Å². The highest BCUT2D eigenvalue weighted by Gasteiger charge is 2.13. The van der Waals surface area contributed by atoms with E-state index in [-0.39, 0.29) is 5.82 Å². The maximum atomic E-state index is 11.7. The molecule has 17 heavy (non-hydrogen) atoms. The molecule has 0 amide bonds. The second-order valence-corrected chi connectivity index (χ2v) is 3.79. The molecule has 4 nitrogen and oxygen atoms in total. The molecule has 0 saturated carbocycles. The Kier molecular flexibility index (Phi) is 2.95. The number of carbonyl (C=O) groups is 1. The molecular weight excluding hydrogens is 216 g/mol. The van der Waals surface area contributed by atoms with Crippen molar-refractivity contribution in [2.75, 3.05) is 12.3 Å². The van der Waals surface area contributed by atoms with Gasteiger partial charge in [0.15, 0.2) is 0 Å². The van der Waals surface area contributed by atoms with Crippen LogP contribution < -0.4 is 5.73 Å². The largest absolute Gasteiger partial charge is 0.462 e. The average Bonchev–Trinajstić information content (AvgIpc) is 2.30. The number of anilines is 1. The second-order valence-electron chi connectivity index (χ2n) is 3.79. The van der Waals surface area contributed by atoms with Gasteiger partial charge in [-0.25, -0.2) is 9.78 Å². The first-order chi connectivity index (χ1) is 8.13. The summed E-state index contributed by atoms with van der Waals surface area (Å²) in [6.07, 6.45) is 0. The van der Waals surface area contributed by atoms with E-state index in [0.29, 0.717) is 12.2 Å². The zero-order chi connectivity index (χ0) is 12.4. The molecule has 0 aliphatic heterocycles. The molecule has 4 heteroatoms. The van der Waals surface area contributed by atoms with Crippen molar-refractivity contribution in [2.45, 2.75) is 13.8 Å². The first-order valence-corrected chi connectivity index (χ1v) is 5.46. The van der Waals surface area contributed by atoms with Crippen LogP contribution in [-0.4, -0.2) is 17.6 Å². The molecule has 1 aromatic carbocycles. The smallest absolute Gasteiger partial charge is 0.341 e. The summed E-state index contributed by atoms with van der Waals surface area (Å²) in [6, 6.07) is 7.50. The van der Waals surface area contributed by atoms with Gasteiger partial charge in [-0.15, -0.1) is 0 Å². The van der Waals surface area contributed by atoms with Crippen molar-refractivity contribution in [1.29, 1.82) is 0 Å². The number of aryl methyl sites for hydroxylation is 1. The molecule has 0 aliphatic rings. The maximum absolute atomic E-state index is 11.7. The number of benzene rings is 1. The fourth-order valence-electron chi connectivity index (χ4n) is 1.73. The SMILES string of the molecule is CCOC(=O)c1cc2cccc(C)c2nc1N. The third-order valence-electron chi connectivity index (χ3n) is 2.57. The van der Waals surface area contributed by atoms with Gasteiger partial charge in [0.2, 0.25) is 0 Å². The van der Waals surface area contributed by atoms with Gasteiger partial charge in [0.25, 0.3) is 0 Å². The van der Waals surface area contributed by atoms with Crippen LogP contribution >= 0.6 is 0 Å². The van der Waals surface area contributed by atoms with E-state index in [2.05, 4.69) is 4.98 Å². The number of para-hydroxylation sites is 1. The maximum Gasteiger partial charge on any atom is 0.341 e. The Bertz CT molecular complexity index is 579. The summed E-state index contributed by atoms with van der Waals surface area (Å²) in [5.74, 6) is -0.217. The lowest BCUT2D eigenvalue weighted by Gasteiger charge is -2.07. The van der Waals surface area contributed by atoms with E-state index in [9.17, 15) is 4.79 Å². The predicted molar refractivity (Wildman–Crippen MR) is 66.8 cm³/mol. The molecule has 0 fully saturated rings. The molecule has 2 rings (SSSR count). The van der Waals surface area contributed by atoms with Crippen LogP contribution in [-0.2, 0) is 4.74 Å². The van der Waals surface area contributed by atoms with E-state index in [0.717, 1.165) is 16.5 Å². The third-order valence-corrected chi connectivity index (χ3v) is 2.57. The van der Waals surface area contributed by atoms with Crippen molar-refractivity contribution >= 4 is 22.7 Å². The number of fused-ring (bicyclic) bond motifs is 1. The highest BCUT2D eigenvalue weighted by molar-refractivity contribution is 5.99. The number of esters is 1. The lowest BCUT2D eigenvalue weighted by atomic mass is 10.1. The van der Waals surface area contributed by atoms with Crippen molar-refractivity contribution < 1.29 is 9.53 Å². The van der Waals surface area contributed by atoms with Gasteiger partial charge < -0.3 is 10.5 Å². The number of carbonyl (C=O) groups excluding carboxylic acids is 1. The number of hydrogen-bond acceptors (Lipinski definition) is 4. The van der Waals surface area contributed by atoms with Gasteiger partial charge in [-0.2, -0.15) is 0 Å². The molecule has 0 atom stereocenters. The Hall–Kier alpha value is -2.10. The summed E-state index contributed by atoms with van der Waals surface area (Å²) in [5, 5.41) is 0.891. The zero-order valence-corrected chi connectivity index (χ0v) is 9.86. The molecule has 0 unspecified atom stereocenters. The van der Waals surface area contributed by atoms with Gasteiger partial charge in [0, 0.05) is 5.39 Å². The highest BCUT2D eigenvalue weighted by Crippen LogP contribution is 2.21. The minimum atomic E-state index is -0.430. The fourth-order valence-corrected chi connectivity index (χ4v) is 1.73. The first-order valence-electron chi connectivity index (χ1n) is 5.46. The number of aromatic nitrogens is 1. The van der Waals surface area contributed by atoms with Crippen molar-refractivity contribution in [3.8, 4) is 0 Å². The number of nitrogens with zero attached hydrogens (tertiary/aromatic N) is 1. The van der Waals surface area contributed by atoms with Crippen LogP contribution in [0.4, 0.5) is 5.82 Å². The van der Waals surface area contributed by atoms with E-state index in [1.807, 2.05) is 25.1 Å². The number of nitrogen functional groups attached to an aromatic ring is 1. The van der Waals surface area contributed by atoms with E-state index >= 15 is 0 Å². The topological polar surface area (TPSA) is 65.2 Å². The van der Waals surface area contributed by atoms with Gasteiger partial charge in [-0.1, -0.05) is 18.2 Å². The first kappa shape index (κ1) is 11.4. The Morgan fingerprint density at radius 2 is 2.24 bits per heavy atom. The molecule has 0 bridgehead atoms. The van der Waals surface area contributed by atoms with Gasteiger partial charge in [-0.3, -0.25) is 0 Å². The molecule has 2 aromatic rings. The minimum absolute atomic E-state index is 0.213. The molecular formula is C13H14N2O2. The summed E-state index contributed by atoms with van der Waals surface area (Å²) in [4.78, 5) is 15.9. The van der Waals surface area contributed by atoms with Crippen molar-refractivity contribution in [2.24, 2.45) is 0 Å². The standard InChI is InChI=1S/C13H14N2O2/c1-3-17-13(16)10-7-9-6-4-5-8(2)11(9)15-12(10)14/h4-7H,3H2,1-2H3,(H2,14,15). The predicted octanol–water partition coefficient (Wildman–Crippen LogP) is 2.30. The van der Waals surface area contributed by atoms with Crippen LogP contribution in [0.3, 0.4) is 0 Å². The zero-order valence-electron chi connectivity index (χ0n) is 9.86. The molecule has 0 saturated heterocycles. The van der Waals surface area contributed by atoms with Crippen LogP contribution in [0.1, 0.15) is 22.8 Å². The summed E-state index contributed by atoms with van der Waals surface area (Å²) in [5.41, 5.74) is 7.95. The Labute approximate surface area is 99.4 Å². The number of hydrogen-bond donors (Lipinski definition) is 1. The third kappa shape index (κ3) is 2.06. The number of ether oxygens (including phenoxy) is 1. The Morgan fingerprint density at radius 1 is 1.47 bits per heavy atom. The van der Waals surface area contributed by atoms with Crippen LogP contribution in [0.25, 0.3) is 10.9 Å². The van der Waals surface area contributed by atoms with Gasteiger partial charge >= 0.3 is 5.97 Å². The molecule has 88 valence electrons. The molecule has 2 N–H and O–H groups in total. The van der Waals surface area contributed by atoms with E-state index < -0.39 is 5.97 Å². The van der Waals surface area contributed by atoms with Crippen molar-refractivity contribution in [3.63, 3.8) is 0 Å². The van der Waals surface area contributed by atoms with Crippen LogP contribution in [0.15, 0.2) is 24.3 Å². The molecule has 1 aromatic heterocycles. The Morgan fingerprint density at radius 3 is 2.94 bits per heavy atom. The monoisotopic (exact) mass is 230 g/mol. The molecule has 1 heterocycles. The van der Waals surface area contributed by atoms with Crippen LogP contribution in [0.5, 0.6) is 0 Å². The van der Waals surface area contributed by atoms with E-state index in [1.54, 1.807) is 13.0 Å². The van der Waals surface area contributed by atoms with Gasteiger partial charge in [-0.05, 0) is 25.5 Å². The van der Waals surface area contributed by atoms with Crippen LogP contribution in [0.2, 0.25) is 0 Å². The highest BCUT2D eigenvalue weighted by atomic mass is 16.5. The fraction of sp³-hybridized carbons (Fsp3) is 0.231. The van der Waals surface area contributed by atoms with Gasteiger partial charge in [0.1, 0.15) is 11.4 Å². The number of nitrogens with two attached hydrogens (primary N) is 1. The molecule has 0 radical (unpaired) electrons. The second kappa shape index (κ2) is 4.41. The summed E-state index contributed by atoms with van der Waals surface area (Å²) in [6.45, 7) is 4.04. The lowest BCUT2D eigenvalue weighted by Crippen LogP contribution is -2.09. The summed E-state index contributed by atoms with van der Waals surface area (Å²) in [7, 11) is 0. The number of pyridine rings is 1. The van der Waals surface area contributed by atoms with Gasteiger partial charge in [0.05, 0.1) is 12.1 Å². The lowest BCUT2D eigenvalue weighted by molar-refractivity contribution is 0.0527. The average molecular weight is 230 g/mol. The normalized spacial score (nSPS) is 10.5. The van der Waals surface area contributed by atoms with E-state index in [1.165, 1.54) is 0 Å². The molecule has 0 aliphatic carbocycles. The molecule has 0 spiro atoms. The summed E-state index contributed by atoms with van der Waals surface area (Å²) < 4.78 is 4.93. The van der Waals surface area contributed by atoms with Crippen LogP contribution in [0, 0.1) is 6.92 Å². The van der Waals surface area contributed by atoms with Crippen molar-refractivity contribution in [3.05, 3.63) is 35.4 Å². The Balaban J connectivity index is 2.60. The quantitative estimate of drug-likeness (QED) is 0.804. The van der Waals surface area contributed by atoms with Crippen molar-refractivity contribution in [1.82, 2.24) is 4.98 Å². The summed E-state index contributed by atoms with van der Waals surface area (Å²) >= 11 is 0. The minimum Gasteiger partial charge on any atom is -0.462 e.